The number of nitrogens with zero attached hydrogens (tertiary/aromatic N) is 4. The summed E-state index contributed by atoms with van der Waals surface area (Å²) in [5.74, 6) is 0.294. The highest BCUT2D eigenvalue weighted by Gasteiger charge is 2.24. The maximum atomic E-state index is 14.0. The largest absolute Gasteiger partial charge is 0.481 e. The first kappa shape index (κ1) is 18.5. The van der Waals surface area contributed by atoms with Gasteiger partial charge in [0.2, 0.25) is 5.88 Å². The Labute approximate surface area is 162 Å². The summed E-state index contributed by atoms with van der Waals surface area (Å²) in [5, 5.41) is 10.8. The Bertz CT molecular complexity index is 915. The van der Waals surface area contributed by atoms with Crippen LogP contribution in [0, 0.1) is 5.82 Å². The minimum absolute atomic E-state index is 0.108. The smallest absolute Gasteiger partial charge is 0.212 e. The average molecular weight is 383 g/mol. The van der Waals surface area contributed by atoms with Gasteiger partial charge in [-0.1, -0.05) is 18.2 Å². The highest BCUT2D eigenvalue weighted by molar-refractivity contribution is 5.61. The fourth-order valence-electron chi connectivity index (χ4n) is 3.38. The molecule has 1 aromatic carbocycles. The second-order valence-electron chi connectivity index (χ2n) is 6.76. The zero-order valence-electron chi connectivity index (χ0n) is 15.6. The maximum absolute atomic E-state index is 14.0. The van der Waals surface area contributed by atoms with Gasteiger partial charge in [-0.05, 0) is 24.1 Å². The monoisotopic (exact) mass is 383 g/mol. The normalized spacial score (nSPS) is 17.1. The van der Waals surface area contributed by atoms with E-state index < -0.39 is 0 Å². The van der Waals surface area contributed by atoms with Crippen LogP contribution in [-0.2, 0) is 17.9 Å². The first-order valence-electron chi connectivity index (χ1n) is 9.20. The van der Waals surface area contributed by atoms with Crippen molar-refractivity contribution in [3.63, 3.8) is 0 Å². The summed E-state index contributed by atoms with van der Waals surface area (Å²) in [6.07, 6.45) is 2.89. The molecule has 1 unspecified atom stereocenters. The van der Waals surface area contributed by atoms with Crippen LogP contribution in [0.25, 0.3) is 11.3 Å². The van der Waals surface area contributed by atoms with Crippen LogP contribution in [0.1, 0.15) is 17.7 Å². The summed E-state index contributed by atoms with van der Waals surface area (Å²) in [6, 6.07) is 10.4. The van der Waals surface area contributed by atoms with E-state index in [9.17, 15) is 4.39 Å². The zero-order chi connectivity index (χ0) is 19.3. The van der Waals surface area contributed by atoms with Gasteiger partial charge in [0, 0.05) is 37.5 Å². The van der Waals surface area contributed by atoms with Crippen molar-refractivity contribution in [1.82, 2.24) is 25.3 Å². The summed E-state index contributed by atoms with van der Waals surface area (Å²) in [7, 11) is 1.61. The summed E-state index contributed by atoms with van der Waals surface area (Å²) in [6.45, 7) is 2.90. The molecule has 1 aliphatic rings. The molecular weight excluding hydrogens is 361 g/mol. The van der Waals surface area contributed by atoms with E-state index in [4.69, 9.17) is 9.47 Å². The Balaban J connectivity index is 1.32. The standard InChI is InChI=1S/C20H22FN5O2/c1-27-19-7-6-14(10-22-19)11-26-9-8-15(12-26)28-13-18-20(24-25-23-18)16-4-2-3-5-17(16)21/h2-7,10,15H,8-9,11-13H2,1H3,(H,23,24,25). The lowest BCUT2D eigenvalue weighted by Gasteiger charge is -2.16. The van der Waals surface area contributed by atoms with Crippen molar-refractivity contribution in [2.45, 2.75) is 25.7 Å². The van der Waals surface area contributed by atoms with Crippen molar-refractivity contribution in [1.29, 1.82) is 0 Å². The molecule has 1 aliphatic heterocycles. The summed E-state index contributed by atoms with van der Waals surface area (Å²) in [5.41, 5.74) is 2.68. The second kappa shape index (κ2) is 8.45. The molecule has 1 fully saturated rings. The van der Waals surface area contributed by atoms with Crippen LogP contribution >= 0.6 is 0 Å². The molecule has 1 atom stereocenters. The number of nitrogens with one attached hydrogen (secondary N) is 1. The number of aromatic nitrogens is 4. The fraction of sp³-hybridized carbons (Fsp3) is 0.350. The summed E-state index contributed by atoms with van der Waals surface area (Å²) >= 11 is 0. The topological polar surface area (TPSA) is 76.2 Å². The number of hydrogen-bond donors (Lipinski definition) is 1. The quantitative estimate of drug-likeness (QED) is 0.676. The molecule has 7 nitrogen and oxygen atoms in total. The Morgan fingerprint density at radius 3 is 2.89 bits per heavy atom. The lowest BCUT2D eigenvalue weighted by Crippen LogP contribution is -2.23. The van der Waals surface area contributed by atoms with Gasteiger partial charge in [0.1, 0.15) is 17.2 Å². The molecule has 8 heteroatoms. The van der Waals surface area contributed by atoms with Crippen LogP contribution in [0.4, 0.5) is 4.39 Å². The maximum Gasteiger partial charge on any atom is 0.212 e. The van der Waals surface area contributed by atoms with E-state index in [1.54, 1.807) is 25.3 Å². The van der Waals surface area contributed by atoms with Gasteiger partial charge in [-0.2, -0.15) is 15.4 Å². The number of H-pyrrole nitrogens is 1. The lowest BCUT2D eigenvalue weighted by molar-refractivity contribution is 0.0445. The van der Waals surface area contributed by atoms with Crippen molar-refractivity contribution < 1.29 is 13.9 Å². The van der Waals surface area contributed by atoms with E-state index in [1.807, 2.05) is 18.3 Å². The predicted molar refractivity (Wildman–Crippen MR) is 101 cm³/mol. The van der Waals surface area contributed by atoms with Crippen molar-refractivity contribution in [2.24, 2.45) is 0 Å². The SMILES string of the molecule is COc1ccc(CN2CCC(OCc3n[nH]nc3-c3ccccc3F)C2)cn1. The molecule has 2 aromatic heterocycles. The van der Waals surface area contributed by atoms with Crippen molar-refractivity contribution in [3.8, 4) is 17.1 Å². The molecule has 4 rings (SSSR count). The first-order chi connectivity index (χ1) is 13.7. The number of halogens is 1. The van der Waals surface area contributed by atoms with Crippen molar-refractivity contribution in [2.75, 3.05) is 20.2 Å². The molecule has 1 N–H and O–H groups in total. The third-order valence-corrected chi connectivity index (χ3v) is 4.85. The van der Waals surface area contributed by atoms with Gasteiger partial charge in [0.05, 0.1) is 19.8 Å². The number of pyridine rings is 1. The summed E-state index contributed by atoms with van der Waals surface area (Å²) in [4.78, 5) is 6.57. The molecule has 0 radical (unpaired) electrons. The number of aromatic amines is 1. The highest BCUT2D eigenvalue weighted by atomic mass is 19.1. The fourth-order valence-corrected chi connectivity index (χ4v) is 3.38. The number of benzene rings is 1. The number of ether oxygens (including phenoxy) is 2. The minimum atomic E-state index is -0.321. The van der Waals surface area contributed by atoms with E-state index in [0.29, 0.717) is 29.4 Å². The molecule has 28 heavy (non-hydrogen) atoms. The van der Waals surface area contributed by atoms with Gasteiger partial charge in [0.25, 0.3) is 0 Å². The van der Waals surface area contributed by atoms with E-state index in [2.05, 4.69) is 25.3 Å². The molecule has 146 valence electrons. The Hall–Kier alpha value is -2.84. The molecule has 1 saturated heterocycles. The minimum Gasteiger partial charge on any atom is -0.481 e. The van der Waals surface area contributed by atoms with Gasteiger partial charge in [0.15, 0.2) is 0 Å². The Kier molecular flexibility index (Phi) is 5.59. The molecule has 0 saturated carbocycles. The van der Waals surface area contributed by atoms with E-state index >= 15 is 0 Å². The molecule has 0 amide bonds. The predicted octanol–water partition coefficient (Wildman–Crippen LogP) is 2.81. The van der Waals surface area contributed by atoms with Crippen molar-refractivity contribution >= 4 is 0 Å². The Morgan fingerprint density at radius 1 is 1.21 bits per heavy atom. The molecule has 0 spiro atoms. The van der Waals surface area contributed by atoms with E-state index in [-0.39, 0.29) is 11.9 Å². The number of methoxy groups -OCH3 is 1. The van der Waals surface area contributed by atoms with Crippen LogP contribution in [0.15, 0.2) is 42.6 Å². The van der Waals surface area contributed by atoms with E-state index in [0.717, 1.165) is 31.6 Å². The third kappa shape index (κ3) is 4.18. The molecule has 3 heterocycles. The van der Waals surface area contributed by atoms with Gasteiger partial charge in [-0.25, -0.2) is 9.37 Å². The third-order valence-electron chi connectivity index (χ3n) is 4.85. The van der Waals surface area contributed by atoms with Crippen LogP contribution < -0.4 is 4.74 Å². The molecular formula is C20H22FN5O2. The molecule has 3 aromatic rings. The molecule has 0 aliphatic carbocycles. The number of hydrogen-bond acceptors (Lipinski definition) is 6. The number of rotatable bonds is 7. The van der Waals surface area contributed by atoms with Crippen LogP contribution in [-0.4, -0.2) is 51.6 Å². The Morgan fingerprint density at radius 2 is 2.11 bits per heavy atom. The van der Waals surface area contributed by atoms with Crippen molar-refractivity contribution in [3.05, 3.63) is 59.7 Å². The summed E-state index contributed by atoms with van der Waals surface area (Å²) < 4.78 is 25.2. The van der Waals surface area contributed by atoms with Gasteiger partial charge < -0.3 is 9.47 Å². The number of likely N-dealkylation sites (tertiary alicyclic amines) is 1. The van der Waals surface area contributed by atoms with Gasteiger partial charge in [-0.15, -0.1) is 0 Å². The van der Waals surface area contributed by atoms with Crippen LogP contribution in [0.3, 0.4) is 0 Å². The second-order valence-corrected chi connectivity index (χ2v) is 6.76. The van der Waals surface area contributed by atoms with E-state index in [1.165, 1.54) is 6.07 Å². The van der Waals surface area contributed by atoms with Gasteiger partial charge in [-0.3, -0.25) is 4.90 Å². The van der Waals surface area contributed by atoms with Gasteiger partial charge >= 0.3 is 0 Å². The molecule has 0 bridgehead atoms. The highest BCUT2D eigenvalue weighted by Crippen LogP contribution is 2.24. The zero-order valence-corrected chi connectivity index (χ0v) is 15.6. The average Bonchev–Trinajstić information content (AvgIpc) is 3.36. The van der Waals surface area contributed by atoms with Crippen LogP contribution in [0.5, 0.6) is 5.88 Å². The first-order valence-corrected chi connectivity index (χ1v) is 9.20. The van der Waals surface area contributed by atoms with Crippen LogP contribution in [0.2, 0.25) is 0 Å². The lowest BCUT2D eigenvalue weighted by atomic mass is 10.1.